The van der Waals surface area contributed by atoms with E-state index in [1.807, 2.05) is 91.0 Å². The van der Waals surface area contributed by atoms with Crippen molar-refractivity contribution in [3.8, 4) is 22.3 Å². The lowest BCUT2D eigenvalue weighted by Crippen LogP contribution is -2.30. The fourth-order valence-corrected chi connectivity index (χ4v) is 4.63. The smallest absolute Gasteiger partial charge is 0.328 e. The van der Waals surface area contributed by atoms with Crippen LogP contribution in [0.3, 0.4) is 0 Å². The van der Waals surface area contributed by atoms with E-state index in [0.29, 0.717) is 0 Å². The first-order valence-electron chi connectivity index (χ1n) is 11.5. The molecule has 0 heterocycles. The van der Waals surface area contributed by atoms with E-state index in [1.54, 1.807) is 0 Å². The van der Waals surface area contributed by atoms with Crippen LogP contribution in [0.5, 0.6) is 0 Å². The highest BCUT2D eigenvalue weighted by Crippen LogP contribution is 2.44. The number of carbonyl (C=O) groups is 1. The Labute approximate surface area is 204 Å². The van der Waals surface area contributed by atoms with Crippen LogP contribution < -0.4 is 5.11 Å². The molecule has 174 valence electrons. The number of carboxylic acids is 1. The summed E-state index contributed by atoms with van der Waals surface area (Å²) >= 11 is 0. The Morgan fingerprint density at radius 3 is 1.94 bits per heavy atom. The summed E-state index contributed by atoms with van der Waals surface area (Å²) in [7, 11) is 0. The summed E-state index contributed by atoms with van der Waals surface area (Å²) in [6.45, 7) is 0.106. The zero-order valence-electron chi connectivity index (χ0n) is 19.0. The van der Waals surface area contributed by atoms with Crippen LogP contribution in [0.25, 0.3) is 22.3 Å². The van der Waals surface area contributed by atoms with Gasteiger partial charge in [-0.15, -0.1) is 0 Å². The van der Waals surface area contributed by atoms with Crippen molar-refractivity contribution in [2.24, 2.45) is 4.99 Å². The monoisotopic (exact) mass is 462 g/mol. The third-order valence-electron chi connectivity index (χ3n) is 6.37. The van der Waals surface area contributed by atoms with Crippen LogP contribution in [0.15, 0.2) is 108 Å². The molecule has 1 aliphatic carbocycles. The number of nitrogens with zero attached hydrogens (tertiary/aromatic N) is 1. The molecule has 0 saturated heterocycles. The van der Waals surface area contributed by atoms with Gasteiger partial charge in [-0.2, -0.15) is 0 Å². The third-order valence-corrected chi connectivity index (χ3v) is 6.37. The third kappa shape index (κ3) is 4.80. The first-order valence-corrected chi connectivity index (χ1v) is 11.5. The normalized spacial score (nSPS) is 13.7. The number of rotatable bonds is 7. The standard InChI is InChI=1S/C30H25NO4/c32-29(33)28(18-20-14-16-22(17-15-20)21-8-2-1-3-9-21)31-30(34)35-19-27-25-12-6-4-10-23(25)24-11-5-7-13-26(24)27/h1-17,27-28H,18-19H2,(H,31,34)(H,32,33)/p-1/t28-/m0/s1. The Morgan fingerprint density at radius 2 is 1.34 bits per heavy atom. The molecule has 0 bridgehead atoms. The van der Waals surface area contributed by atoms with Crippen molar-refractivity contribution in [3.63, 3.8) is 0 Å². The summed E-state index contributed by atoms with van der Waals surface area (Å²) in [6.07, 6.45) is -0.755. The van der Waals surface area contributed by atoms with Gasteiger partial charge >= 0.3 is 5.97 Å². The van der Waals surface area contributed by atoms with E-state index >= 15 is 0 Å². The van der Waals surface area contributed by atoms with Crippen molar-refractivity contribution >= 4 is 12.1 Å². The topological polar surface area (TPSA) is 82.0 Å². The number of hydrogen-bond acceptors (Lipinski definition) is 4. The lowest BCUT2D eigenvalue weighted by Gasteiger charge is -2.22. The highest BCUT2D eigenvalue weighted by Gasteiger charge is 2.27. The van der Waals surface area contributed by atoms with Gasteiger partial charge in [-0.05, 0) is 38.9 Å². The molecular weight excluding hydrogens is 438 g/mol. The van der Waals surface area contributed by atoms with Crippen LogP contribution >= 0.6 is 0 Å². The maximum Gasteiger partial charge on any atom is 0.328 e. The van der Waals surface area contributed by atoms with E-state index in [-0.39, 0.29) is 18.9 Å². The molecule has 5 heteroatoms. The van der Waals surface area contributed by atoms with E-state index in [1.165, 1.54) is 0 Å². The number of aliphatic carboxylic acids is 1. The molecule has 1 N–H and O–H groups in total. The van der Waals surface area contributed by atoms with Crippen LogP contribution in [0.1, 0.15) is 22.6 Å². The van der Waals surface area contributed by atoms with Gasteiger partial charge < -0.3 is 14.9 Å². The Bertz CT molecular complexity index is 1320. The molecule has 5 nitrogen and oxygen atoms in total. The van der Waals surface area contributed by atoms with Crippen LogP contribution in [-0.2, 0) is 16.0 Å². The van der Waals surface area contributed by atoms with Gasteiger partial charge in [0.25, 0.3) is 0 Å². The fourth-order valence-electron chi connectivity index (χ4n) is 4.63. The molecule has 1 aliphatic rings. The molecule has 0 unspecified atom stereocenters. The number of aliphatic imine (C=N–C) groups is 1. The molecule has 5 rings (SSSR count). The maximum atomic E-state index is 12.5. The van der Waals surface area contributed by atoms with E-state index < -0.39 is 18.1 Å². The average Bonchev–Trinajstić information content (AvgIpc) is 3.21. The predicted octanol–water partition coefficient (Wildman–Crippen LogP) is 4.89. The van der Waals surface area contributed by atoms with Gasteiger partial charge in [-0.3, -0.25) is 4.99 Å². The van der Waals surface area contributed by atoms with Crippen molar-refractivity contribution < 1.29 is 19.7 Å². The molecule has 0 fully saturated rings. The maximum absolute atomic E-state index is 12.5. The Hall–Kier alpha value is -4.38. The van der Waals surface area contributed by atoms with Gasteiger partial charge in [0.15, 0.2) is 6.04 Å². The number of carboxylic acid groups (broad SMARTS) is 1. The lowest BCUT2D eigenvalue weighted by atomic mass is 9.98. The zero-order chi connectivity index (χ0) is 24.2. The molecule has 4 aromatic carbocycles. The second-order valence-corrected chi connectivity index (χ2v) is 8.55. The number of ether oxygens (including phenoxy) is 1. The molecule has 35 heavy (non-hydrogen) atoms. The molecular formula is C30H24NO4-. The van der Waals surface area contributed by atoms with Crippen molar-refractivity contribution in [2.45, 2.75) is 18.4 Å². The van der Waals surface area contributed by atoms with Gasteiger partial charge in [0, 0.05) is 18.9 Å². The molecule has 0 radical (unpaired) electrons. The molecule has 0 saturated carbocycles. The molecule has 0 aromatic heterocycles. The van der Waals surface area contributed by atoms with Crippen molar-refractivity contribution in [3.05, 3.63) is 120 Å². The summed E-state index contributed by atoms with van der Waals surface area (Å²) in [5, 5.41) is 22.2. The minimum absolute atomic E-state index is 0.102. The van der Waals surface area contributed by atoms with Crippen LogP contribution in [-0.4, -0.2) is 29.8 Å². The van der Waals surface area contributed by atoms with Crippen molar-refractivity contribution in [1.29, 1.82) is 0 Å². The number of fused-ring (bicyclic) bond motifs is 3. The van der Waals surface area contributed by atoms with Gasteiger partial charge in [0.05, 0.1) is 0 Å². The van der Waals surface area contributed by atoms with Crippen molar-refractivity contribution in [1.82, 2.24) is 0 Å². The molecule has 4 aromatic rings. The predicted molar refractivity (Wildman–Crippen MR) is 134 cm³/mol. The lowest BCUT2D eigenvalue weighted by molar-refractivity contribution is -0.251. The molecule has 0 spiro atoms. The minimum atomic E-state index is -1.21. The Balaban J connectivity index is 1.28. The van der Waals surface area contributed by atoms with E-state index in [2.05, 4.69) is 17.1 Å². The number of benzene rings is 4. The van der Waals surface area contributed by atoms with Gasteiger partial charge in [0.2, 0.25) is 0 Å². The van der Waals surface area contributed by atoms with Crippen LogP contribution in [0.4, 0.5) is 0 Å². The van der Waals surface area contributed by atoms with E-state index in [9.17, 15) is 15.0 Å². The van der Waals surface area contributed by atoms with Gasteiger partial charge in [-0.1, -0.05) is 103 Å². The second-order valence-electron chi connectivity index (χ2n) is 8.55. The molecule has 1 atom stereocenters. The highest BCUT2D eigenvalue weighted by atomic mass is 16.6. The van der Waals surface area contributed by atoms with E-state index in [0.717, 1.165) is 38.9 Å². The summed E-state index contributed by atoms with van der Waals surface area (Å²) in [4.78, 5) is 15.7. The van der Waals surface area contributed by atoms with Crippen molar-refractivity contribution in [2.75, 3.05) is 6.61 Å². The summed E-state index contributed by atoms with van der Waals surface area (Å²) in [6, 6.07) is 32.4. The first-order chi connectivity index (χ1) is 17.1. The fraction of sp³-hybridized carbons (Fsp3) is 0.133. The SMILES string of the molecule is O=C(O)[C@H](Cc1ccc(-c2ccccc2)cc1)N=C([O-])OCC1c2ccccc2-c2ccccc21. The first kappa shape index (κ1) is 22.4. The quantitative estimate of drug-likeness (QED) is 0.313. The molecule has 0 amide bonds. The Morgan fingerprint density at radius 1 is 0.800 bits per heavy atom. The highest BCUT2D eigenvalue weighted by molar-refractivity contribution is 5.79. The average molecular weight is 463 g/mol. The summed E-state index contributed by atoms with van der Waals surface area (Å²) in [5.41, 5.74) is 7.34. The summed E-state index contributed by atoms with van der Waals surface area (Å²) in [5.74, 6) is -1.26. The largest absolute Gasteiger partial charge is 0.599 e. The minimum Gasteiger partial charge on any atom is -0.599 e. The van der Waals surface area contributed by atoms with Crippen LogP contribution in [0, 0.1) is 0 Å². The number of hydrogen-bond donors (Lipinski definition) is 1. The second kappa shape index (κ2) is 9.85. The van der Waals surface area contributed by atoms with E-state index in [4.69, 9.17) is 4.74 Å². The van der Waals surface area contributed by atoms with Crippen LogP contribution in [0.2, 0.25) is 0 Å². The van der Waals surface area contributed by atoms with Gasteiger partial charge in [0.1, 0.15) is 6.08 Å². The molecule has 0 aliphatic heterocycles. The Kier molecular flexibility index (Phi) is 6.31. The zero-order valence-corrected chi connectivity index (χ0v) is 19.0. The summed E-state index contributed by atoms with van der Waals surface area (Å²) < 4.78 is 5.47. The van der Waals surface area contributed by atoms with Gasteiger partial charge in [-0.25, -0.2) is 4.79 Å².